The number of amides is 2. The van der Waals surface area contributed by atoms with Crippen LogP contribution in [0.3, 0.4) is 0 Å². The van der Waals surface area contributed by atoms with Gasteiger partial charge in [0.25, 0.3) is 11.8 Å². The van der Waals surface area contributed by atoms with Crippen molar-refractivity contribution in [2.75, 3.05) is 18.0 Å². The highest BCUT2D eigenvalue weighted by Crippen LogP contribution is 2.42. The molecule has 0 atom stereocenters. The molecule has 0 bridgehead atoms. The molecule has 170 valence electrons. The fourth-order valence-corrected chi connectivity index (χ4v) is 5.04. The highest BCUT2D eigenvalue weighted by molar-refractivity contribution is 6.33. The Labute approximate surface area is 202 Å². The molecule has 8 heteroatoms. The number of hydrogen-bond acceptors (Lipinski definition) is 5. The number of carbonyl (C=O) groups is 2. The lowest BCUT2D eigenvalue weighted by Gasteiger charge is -2.39. The number of carbonyl (C=O) groups excluding carboxylic acids is 2. The number of nitriles is 1. The standard InChI is InChI=1S/C26H22ClN5O2/c1-26(2)21-10-16(11-28)5-6-20(21)24(33)32(26)19-9-17(12-29-13-19)8-18-14-31(15-18)25(34)23-22(27)4-3-7-30-23/h3-7,9-10,12-13,18H,8,14-15H2,1-2H3. The minimum Gasteiger partial charge on any atom is -0.337 e. The maximum Gasteiger partial charge on any atom is 0.274 e. The molecule has 4 heterocycles. The zero-order chi connectivity index (χ0) is 24.0. The number of rotatable bonds is 4. The van der Waals surface area contributed by atoms with E-state index >= 15 is 0 Å². The van der Waals surface area contributed by atoms with Crippen LogP contribution in [0.2, 0.25) is 5.02 Å². The summed E-state index contributed by atoms with van der Waals surface area (Å²) in [6, 6.07) is 12.7. The Balaban J connectivity index is 1.31. The van der Waals surface area contributed by atoms with Gasteiger partial charge in [0.15, 0.2) is 0 Å². The molecule has 1 fully saturated rings. The van der Waals surface area contributed by atoms with Gasteiger partial charge in [-0.05, 0) is 73.7 Å². The quantitative estimate of drug-likeness (QED) is 0.568. The SMILES string of the molecule is CC1(C)c2cc(C#N)ccc2C(=O)N1c1cncc(CC2CN(C(=O)c3ncccc3Cl)C2)c1. The van der Waals surface area contributed by atoms with E-state index in [4.69, 9.17) is 11.6 Å². The highest BCUT2D eigenvalue weighted by atomic mass is 35.5. The predicted octanol–water partition coefficient (Wildman–Crippen LogP) is 4.21. The predicted molar refractivity (Wildman–Crippen MR) is 128 cm³/mol. The van der Waals surface area contributed by atoms with Crippen molar-refractivity contribution < 1.29 is 9.59 Å². The number of likely N-dealkylation sites (tertiary alicyclic amines) is 1. The molecule has 1 aromatic carbocycles. The summed E-state index contributed by atoms with van der Waals surface area (Å²) in [4.78, 5) is 37.9. The van der Waals surface area contributed by atoms with Crippen LogP contribution in [0, 0.1) is 17.2 Å². The average Bonchev–Trinajstić information content (AvgIpc) is 3.00. The lowest BCUT2D eigenvalue weighted by molar-refractivity contribution is 0.0495. The van der Waals surface area contributed by atoms with Crippen LogP contribution < -0.4 is 4.90 Å². The number of anilines is 1. The minimum absolute atomic E-state index is 0.101. The van der Waals surface area contributed by atoms with E-state index in [1.165, 1.54) is 0 Å². The number of halogens is 1. The van der Waals surface area contributed by atoms with Crippen LogP contribution in [0.4, 0.5) is 5.69 Å². The second kappa shape index (κ2) is 8.23. The molecule has 34 heavy (non-hydrogen) atoms. The molecule has 5 rings (SSSR count). The topological polar surface area (TPSA) is 90.2 Å². The average molecular weight is 472 g/mol. The summed E-state index contributed by atoms with van der Waals surface area (Å²) in [6.45, 7) is 5.18. The summed E-state index contributed by atoms with van der Waals surface area (Å²) in [5, 5.41) is 9.63. The Bertz CT molecular complexity index is 1360. The summed E-state index contributed by atoms with van der Waals surface area (Å²) < 4.78 is 0. The van der Waals surface area contributed by atoms with E-state index in [-0.39, 0.29) is 17.5 Å². The molecular weight excluding hydrogens is 450 g/mol. The lowest BCUT2D eigenvalue weighted by atomic mass is 9.91. The van der Waals surface area contributed by atoms with Crippen LogP contribution in [0.1, 0.15) is 51.4 Å². The van der Waals surface area contributed by atoms with Gasteiger partial charge in [-0.25, -0.2) is 4.98 Å². The first-order valence-corrected chi connectivity index (χ1v) is 11.4. The Morgan fingerprint density at radius 3 is 2.76 bits per heavy atom. The van der Waals surface area contributed by atoms with Gasteiger partial charge in [-0.3, -0.25) is 19.5 Å². The highest BCUT2D eigenvalue weighted by Gasteiger charge is 2.44. The summed E-state index contributed by atoms with van der Waals surface area (Å²) in [5.74, 6) is 0.0323. The summed E-state index contributed by atoms with van der Waals surface area (Å²) in [5.41, 5.74) is 3.36. The van der Waals surface area contributed by atoms with Gasteiger partial charge in [0, 0.05) is 31.0 Å². The van der Waals surface area contributed by atoms with E-state index in [2.05, 4.69) is 16.0 Å². The van der Waals surface area contributed by atoms with Crippen molar-refractivity contribution >= 4 is 29.1 Å². The van der Waals surface area contributed by atoms with Crippen LogP contribution in [0.25, 0.3) is 0 Å². The molecule has 3 aromatic rings. The lowest BCUT2D eigenvalue weighted by Crippen LogP contribution is -2.51. The third kappa shape index (κ3) is 3.61. The van der Waals surface area contributed by atoms with Crippen LogP contribution >= 0.6 is 11.6 Å². The normalized spacial score (nSPS) is 16.7. The van der Waals surface area contributed by atoms with Crippen molar-refractivity contribution in [1.82, 2.24) is 14.9 Å². The molecule has 0 N–H and O–H groups in total. The van der Waals surface area contributed by atoms with Crippen molar-refractivity contribution in [2.24, 2.45) is 5.92 Å². The van der Waals surface area contributed by atoms with Crippen LogP contribution in [0.5, 0.6) is 0 Å². The molecule has 0 unspecified atom stereocenters. The second-order valence-electron chi connectivity index (χ2n) is 9.24. The maximum absolute atomic E-state index is 13.2. The van der Waals surface area contributed by atoms with Crippen LogP contribution in [-0.2, 0) is 12.0 Å². The zero-order valence-electron chi connectivity index (χ0n) is 18.8. The molecule has 1 saturated heterocycles. The van der Waals surface area contributed by atoms with Crippen molar-refractivity contribution in [3.05, 3.63) is 88.0 Å². The van der Waals surface area contributed by atoms with Gasteiger partial charge in [0.1, 0.15) is 5.69 Å². The Hall–Kier alpha value is -3.76. The Kier molecular flexibility index (Phi) is 5.34. The molecule has 7 nitrogen and oxygen atoms in total. The number of benzene rings is 1. The van der Waals surface area contributed by atoms with Gasteiger partial charge < -0.3 is 4.90 Å². The second-order valence-corrected chi connectivity index (χ2v) is 9.64. The fraction of sp³-hybridized carbons (Fsp3) is 0.269. The molecule has 2 aliphatic rings. The van der Waals surface area contributed by atoms with Gasteiger partial charge in [-0.15, -0.1) is 0 Å². The number of aromatic nitrogens is 2. The third-order valence-electron chi connectivity index (χ3n) is 6.57. The summed E-state index contributed by atoms with van der Waals surface area (Å²) >= 11 is 6.11. The Morgan fingerprint density at radius 1 is 1.24 bits per heavy atom. The maximum atomic E-state index is 13.2. The van der Waals surface area contributed by atoms with Gasteiger partial charge >= 0.3 is 0 Å². The van der Waals surface area contributed by atoms with Gasteiger partial charge in [-0.2, -0.15) is 5.26 Å². The number of pyridine rings is 2. The van der Waals surface area contributed by atoms with E-state index < -0.39 is 5.54 Å². The first kappa shape index (κ1) is 22.1. The van der Waals surface area contributed by atoms with Crippen LogP contribution in [-0.4, -0.2) is 39.8 Å². The summed E-state index contributed by atoms with van der Waals surface area (Å²) in [7, 11) is 0. The first-order chi connectivity index (χ1) is 16.3. The molecule has 0 aliphatic carbocycles. The fourth-order valence-electron chi connectivity index (χ4n) is 4.84. The van der Waals surface area contributed by atoms with Crippen molar-refractivity contribution in [3.63, 3.8) is 0 Å². The van der Waals surface area contributed by atoms with Gasteiger partial charge in [0.2, 0.25) is 0 Å². The molecule has 2 aromatic heterocycles. The van der Waals surface area contributed by atoms with E-state index in [1.54, 1.807) is 58.7 Å². The number of hydrogen-bond donors (Lipinski definition) is 0. The van der Waals surface area contributed by atoms with Crippen molar-refractivity contribution in [1.29, 1.82) is 5.26 Å². The van der Waals surface area contributed by atoms with Crippen molar-refractivity contribution in [3.8, 4) is 6.07 Å². The molecular formula is C26H22ClN5O2. The van der Waals surface area contributed by atoms with E-state index in [9.17, 15) is 14.9 Å². The van der Waals surface area contributed by atoms with E-state index in [0.29, 0.717) is 35.2 Å². The summed E-state index contributed by atoms with van der Waals surface area (Å²) in [6.07, 6.45) is 5.81. The Morgan fingerprint density at radius 2 is 2.03 bits per heavy atom. The molecule has 0 saturated carbocycles. The monoisotopic (exact) mass is 471 g/mol. The molecule has 0 spiro atoms. The molecule has 2 amide bonds. The largest absolute Gasteiger partial charge is 0.337 e. The third-order valence-corrected chi connectivity index (χ3v) is 6.87. The zero-order valence-corrected chi connectivity index (χ0v) is 19.6. The minimum atomic E-state index is -0.610. The van der Waals surface area contributed by atoms with E-state index in [0.717, 1.165) is 23.2 Å². The molecule has 0 radical (unpaired) electrons. The van der Waals surface area contributed by atoms with Gasteiger partial charge in [-0.1, -0.05) is 11.6 Å². The number of fused-ring (bicyclic) bond motifs is 1. The smallest absolute Gasteiger partial charge is 0.274 e. The van der Waals surface area contributed by atoms with E-state index in [1.807, 2.05) is 19.9 Å². The first-order valence-electron chi connectivity index (χ1n) is 11.0. The van der Waals surface area contributed by atoms with Gasteiger partial charge in [0.05, 0.1) is 34.1 Å². The van der Waals surface area contributed by atoms with Crippen LogP contribution in [0.15, 0.2) is 55.0 Å². The molecule has 2 aliphatic heterocycles. The number of nitrogens with zero attached hydrogens (tertiary/aromatic N) is 5. The van der Waals surface area contributed by atoms with Crippen molar-refractivity contribution in [2.45, 2.75) is 25.8 Å².